The summed E-state index contributed by atoms with van der Waals surface area (Å²) in [5.74, 6) is -0.0631. The molecule has 0 aliphatic carbocycles. The van der Waals surface area contributed by atoms with Gasteiger partial charge in [0.05, 0.1) is 0 Å². The molecular weight excluding hydrogens is 486 g/mol. The summed E-state index contributed by atoms with van der Waals surface area (Å²) in [7, 11) is 0. The Balaban J connectivity index is 1.11. The molecule has 1 fully saturated rings. The Morgan fingerprint density at radius 1 is 0.846 bits per heavy atom. The lowest BCUT2D eigenvalue weighted by atomic mass is 10.0. The molecule has 0 spiro atoms. The van der Waals surface area contributed by atoms with Crippen molar-refractivity contribution in [2.75, 3.05) is 41.3 Å². The van der Waals surface area contributed by atoms with E-state index in [4.69, 9.17) is 4.98 Å². The lowest BCUT2D eigenvalue weighted by Gasteiger charge is -2.37. The molecule has 198 valence electrons. The van der Waals surface area contributed by atoms with Crippen molar-refractivity contribution in [3.63, 3.8) is 0 Å². The van der Waals surface area contributed by atoms with Crippen molar-refractivity contribution < 1.29 is 9.59 Å². The number of carbonyl (C=O) groups is 2. The maximum Gasteiger partial charge on any atom is 0.298 e. The highest BCUT2D eigenvalue weighted by Gasteiger charge is 2.29. The van der Waals surface area contributed by atoms with Crippen molar-refractivity contribution in [1.29, 1.82) is 0 Å². The van der Waals surface area contributed by atoms with Gasteiger partial charge in [0.2, 0.25) is 0 Å². The molecule has 39 heavy (non-hydrogen) atoms. The van der Waals surface area contributed by atoms with Crippen LogP contribution in [0.1, 0.15) is 35.2 Å². The van der Waals surface area contributed by atoms with Crippen molar-refractivity contribution in [2.24, 2.45) is 0 Å². The normalized spacial score (nSPS) is 14.8. The number of nitrogens with one attached hydrogen (secondary N) is 1. The Hall–Kier alpha value is -4.39. The van der Waals surface area contributed by atoms with E-state index >= 15 is 0 Å². The number of hydrogen-bond acceptors (Lipinski definition) is 5. The Bertz CT molecular complexity index is 1480. The van der Waals surface area contributed by atoms with Crippen molar-refractivity contribution >= 4 is 28.9 Å². The summed E-state index contributed by atoms with van der Waals surface area (Å²) in [6, 6.07) is 25.9. The van der Waals surface area contributed by atoms with Gasteiger partial charge < -0.3 is 19.7 Å². The Kier molecular flexibility index (Phi) is 6.88. The zero-order valence-electron chi connectivity index (χ0n) is 22.3. The van der Waals surface area contributed by atoms with Crippen molar-refractivity contribution in [3.8, 4) is 11.1 Å². The van der Waals surface area contributed by atoms with Crippen molar-refractivity contribution in [1.82, 2.24) is 9.55 Å². The predicted molar refractivity (Wildman–Crippen MR) is 156 cm³/mol. The molecule has 0 unspecified atom stereocenters. The number of pyridine rings is 1. The van der Waals surface area contributed by atoms with Gasteiger partial charge in [0, 0.05) is 61.0 Å². The molecule has 4 heterocycles. The number of benzene rings is 2. The number of ketones is 1. The largest absolute Gasteiger partial charge is 0.368 e. The summed E-state index contributed by atoms with van der Waals surface area (Å²) in [4.78, 5) is 36.0. The molecule has 1 amide bonds. The topological polar surface area (TPSA) is 70.5 Å². The first-order valence-electron chi connectivity index (χ1n) is 13.8. The zero-order valence-corrected chi connectivity index (χ0v) is 22.3. The van der Waals surface area contributed by atoms with Gasteiger partial charge in [-0.05, 0) is 67.3 Å². The van der Waals surface area contributed by atoms with Gasteiger partial charge in [-0.1, -0.05) is 43.3 Å². The molecule has 1 saturated heterocycles. The number of fused-ring (bicyclic) bond motifs is 1. The second kappa shape index (κ2) is 10.8. The van der Waals surface area contributed by atoms with Crippen LogP contribution in [0.4, 0.5) is 17.2 Å². The second-order valence-electron chi connectivity index (χ2n) is 10.2. The van der Waals surface area contributed by atoms with Gasteiger partial charge in [0.25, 0.3) is 11.7 Å². The van der Waals surface area contributed by atoms with Crippen LogP contribution in [-0.4, -0.2) is 47.4 Å². The van der Waals surface area contributed by atoms with Crippen LogP contribution in [0.3, 0.4) is 0 Å². The van der Waals surface area contributed by atoms with Gasteiger partial charge in [-0.2, -0.15) is 0 Å². The number of rotatable bonds is 7. The number of aryl methyl sites for hydroxylation is 2. The molecule has 2 aliphatic heterocycles. The van der Waals surface area contributed by atoms with Crippen LogP contribution in [-0.2, 0) is 24.2 Å². The molecule has 0 radical (unpaired) electrons. The van der Waals surface area contributed by atoms with E-state index in [1.54, 1.807) is 0 Å². The number of nitrogens with zero attached hydrogens (tertiary/aromatic N) is 4. The van der Waals surface area contributed by atoms with Crippen molar-refractivity contribution in [2.45, 2.75) is 32.7 Å². The van der Waals surface area contributed by atoms with Gasteiger partial charge in [-0.15, -0.1) is 0 Å². The fraction of sp³-hybridized carbons (Fsp3) is 0.281. The minimum absolute atomic E-state index is 0.486. The van der Waals surface area contributed by atoms with E-state index in [1.165, 1.54) is 0 Å². The lowest BCUT2D eigenvalue weighted by molar-refractivity contribution is -0.112. The third-order valence-corrected chi connectivity index (χ3v) is 7.75. The summed E-state index contributed by atoms with van der Waals surface area (Å²) in [5.41, 5.74) is 6.22. The van der Waals surface area contributed by atoms with E-state index in [1.807, 2.05) is 59.2 Å². The van der Waals surface area contributed by atoms with Crippen LogP contribution in [0.25, 0.3) is 11.1 Å². The quantitative estimate of drug-likeness (QED) is 0.268. The van der Waals surface area contributed by atoms with Crippen LogP contribution in [0.2, 0.25) is 0 Å². The summed E-state index contributed by atoms with van der Waals surface area (Å²) in [5, 5.41) is 2.83. The molecule has 0 saturated carbocycles. The molecule has 0 atom stereocenters. The average Bonchev–Trinajstić information content (AvgIpc) is 3.60. The van der Waals surface area contributed by atoms with E-state index in [2.05, 4.69) is 46.3 Å². The number of anilines is 3. The van der Waals surface area contributed by atoms with Crippen molar-refractivity contribution in [3.05, 3.63) is 95.9 Å². The number of carbonyl (C=O) groups excluding carboxylic acids is 2. The average molecular weight is 520 g/mol. The number of amides is 1. The third kappa shape index (κ3) is 5.04. The highest BCUT2D eigenvalue weighted by molar-refractivity contribution is 6.47. The molecule has 6 rings (SSSR count). The van der Waals surface area contributed by atoms with Crippen LogP contribution < -0.4 is 15.1 Å². The van der Waals surface area contributed by atoms with Gasteiger partial charge in [0.15, 0.2) is 0 Å². The number of Topliss-reactive ketones (excluding diaryl/α,β-unsaturated/α-hetero) is 1. The molecule has 4 aromatic rings. The molecular formula is C32H33N5O2. The van der Waals surface area contributed by atoms with E-state index in [-0.39, 0.29) is 0 Å². The highest BCUT2D eigenvalue weighted by Crippen LogP contribution is 2.32. The van der Waals surface area contributed by atoms with Gasteiger partial charge >= 0.3 is 0 Å². The predicted octanol–water partition coefficient (Wildman–Crippen LogP) is 5.21. The first-order chi connectivity index (χ1) is 19.1. The Morgan fingerprint density at radius 3 is 2.33 bits per heavy atom. The summed E-state index contributed by atoms with van der Waals surface area (Å²) >= 11 is 0. The molecule has 2 aromatic carbocycles. The van der Waals surface area contributed by atoms with Crippen LogP contribution in [0, 0.1) is 0 Å². The maximum atomic E-state index is 13.4. The number of hydrogen-bond donors (Lipinski definition) is 1. The third-order valence-electron chi connectivity index (χ3n) is 7.75. The van der Waals surface area contributed by atoms with Gasteiger partial charge in [-0.25, -0.2) is 4.98 Å². The zero-order chi connectivity index (χ0) is 26.8. The van der Waals surface area contributed by atoms with Crippen LogP contribution in [0.15, 0.2) is 78.9 Å². The molecule has 2 aromatic heterocycles. The van der Waals surface area contributed by atoms with E-state index in [0.29, 0.717) is 11.4 Å². The minimum Gasteiger partial charge on any atom is -0.368 e. The fourth-order valence-corrected chi connectivity index (χ4v) is 5.65. The molecule has 1 N–H and O–H groups in total. The lowest BCUT2D eigenvalue weighted by Crippen LogP contribution is -2.46. The summed E-state index contributed by atoms with van der Waals surface area (Å²) in [6.45, 7) is 6.48. The number of piperazine rings is 1. The van der Waals surface area contributed by atoms with E-state index in [0.717, 1.165) is 86.0 Å². The first kappa shape index (κ1) is 24.9. The smallest absolute Gasteiger partial charge is 0.298 e. The van der Waals surface area contributed by atoms with Crippen LogP contribution >= 0.6 is 0 Å². The maximum absolute atomic E-state index is 13.4. The summed E-state index contributed by atoms with van der Waals surface area (Å²) < 4.78 is 2.01. The Morgan fingerprint density at radius 2 is 1.59 bits per heavy atom. The van der Waals surface area contributed by atoms with E-state index < -0.39 is 11.7 Å². The van der Waals surface area contributed by atoms with Crippen LogP contribution in [0.5, 0.6) is 0 Å². The molecule has 7 heteroatoms. The Labute approximate surface area is 229 Å². The molecule has 0 bridgehead atoms. The molecule has 2 aliphatic rings. The minimum atomic E-state index is -0.608. The van der Waals surface area contributed by atoms with Gasteiger partial charge in [-0.3, -0.25) is 9.59 Å². The fourth-order valence-electron chi connectivity index (χ4n) is 5.65. The first-order valence-corrected chi connectivity index (χ1v) is 13.8. The summed E-state index contributed by atoms with van der Waals surface area (Å²) in [6.07, 6.45) is 2.85. The van der Waals surface area contributed by atoms with E-state index in [9.17, 15) is 9.59 Å². The highest BCUT2D eigenvalue weighted by atomic mass is 16.2. The molecule has 7 nitrogen and oxygen atoms in total. The second-order valence-corrected chi connectivity index (χ2v) is 10.2. The number of aromatic nitrogens is 2. The van der Waals surface area contributed by atoms with Gasteiger partial charge in [0.1, 0.15) is 11.5 Å². The SMILES string of the molecule is CCc1cccc(N2CCN(c3ccc(NC(=O)C(=O)c4c(-c5ccccc5)cc5n4CCC5)cc3)CC2)n1. The standard InChI is InChI=1S/C32H33N5O2/c1-2-24-10-6-12-29(33-24)36-20-18-35(19-21-36)26-15-13-25(14-16-26)34-32(39)31(38)30-28(23-8-4-3-5-9-23)22-27-11-7-17-37(27)30/h3-6,8-10,12-16,22H,2,7,11,17-21H2,1H3,(H,34,39). The monoisotopic (exact) mass is 519 g/mol.